The van der Waals surface area contributed by atoms with Crippen LogP contribution in [0.1, 0.15) is 12.5 Å². The fraction of sp³-hybridized carbons (Fsp3) is 0.231. The number of fused-ring (bicyclic) bond motifs is 1. The van der Waals surface area contributed by atoms with Crippen LogP contribution in [0, 0.1) is 0 Å². The summed E-state index contributed by atoms with van der Waals surface area (Å²) in [6.07, 6.45) is 0. The SMILES string of the molecule is C=C(Br)C1(C)C(=O)C(=O)N(C)c2ccc(Cl)cc21. The summed E-state index contributed by atoms with van der Waals surface area (Å²) in [5.41, 5.74) is 0.278. The number of benzene rings is 1. The van der Waals surface area contributed by atoms with Gasteiger partial charge in [-0.25, -0.2) is 0 Å². The van der Waals surface area contributed by atoms with E-state index in [0.29, 0.717) is 20.8 Å². The molecule has 0 bridgehead atoms. The minimum atomic E-state index is -1.08. The first-order chi connectivity index (χ1) is 8.30. The van der Waals surface area contributed by atoms with Crippen LogP contribution in [0.2, 0.25) is 5.02 Å². The monoisotopic (exact) mass is 327 g/mol. The van der Waals surface area contributed by atoms with Gasteiger partial charge in [-0.2, -0.15) is 0 Å². The molecule has 2 rings (SSSR count). The molecule has 1 unspecified atom stereocenters. The molecule has 0 fully saturated rings. The van der Waals surface area contributed by atoms with Gasteiger partial charge in [0.1, 0.15) is 0 Å². The van der Waals surface area contributed by atoms with E-state index in [1.54, 1.807) is 32.2 Å². The van der Waals surface area contributed by atoms with Crippen LogP contribution in [0.25, 0.3) is 0 Å². The molecule has 0 saturated heterocycles. The Labute approximate surface area is 119 Å². The summed E-state index contributed by atoms with van der Waals surface area (Å²) in [5.74, 6) is -1.06. The third kappa shape index (κ3) is 1.63. The molecule has 5 heteroatoms. The highest BCUT2D eigenvalue weighted by Crippen LogP contribution is 2.44. The highest BCUT2D eigenvalue weighted by molar-refractivity contribution is 9.11. The van der Waals surface area contributed by atoms with Crippen LogP contribution in [-0.4, -0.2) is 18.7 Å². The molecule has 1 aliphatic rings. The fourth-order valence-electron chi connectivity index (χ4n) is 2.07. The number of rotatable bonds is 1. The second-order valence-electron chi connectivity index (χ2n) is 4.38. The average molecular weight is 329 g/mol. The third-order valence-electron chi connectivity index (χ3n) is 3.35. The van der Waals surface area contributed by atoms with E-state index >= 15 is 0 Å². The van der Waals surface area contributed by atoms with E-state index < -0.39 is 17.1 Å². The van der Waals surface area contributed by atoms with E-state index in [1.165, 1.54) is 4.90 Å². The smallest absolute Gasteiger partial charge is 0.295 e. The Kier molecular flexibility index (Phi) is 3.11. The molecule has 0 spiro atoms. The zero-order valence-corrected chi connectivity index (χ0v) is 12.3. The van der Waals surface area contributed by atoms with Crippen molar-refractivity contribution < 1.29 is 9.59 Å². The van der Waals surface area contributed by atoms with Crippen molar-refractivity contribution in [1.29, 1.82) is 0 Å². The maximum Gasteiger partial charge on any atom is 0.295 e. The van der Waals surface area contributed by atoms with Gasteiger partial charge >= 0.3 is 0 Å². The highest BCUT2D eigenvalue weighted by atomic mass is 79.9. The Balaban J connectivity index is 2.82. The van der Waals surface area contributed by atoms with Gasteiger partial charge in [0.25, 0.3) is 5.91 Å². The largest absolute Gasteiger partial charge is 0.309 e. The van der Waals surface area contributed by atoms with Crippen LogP contribution in [0.3, 0.4) is 0 Å². The number of carbonyl (C=O) groups excluding carboxylic acids is 2. The van der Waals surface area contributed by atoms with Crippen molar-refractivity contribution in [3.8, 4) is 0 Å². The van der Waals surface area contributed by atoms with Gasteiger partial charge in [-0.05, 0) is 30.7 Å². The number of likely N-dealkylation sites (N-methyl/N-ethyl adjacent to an activating group) is 1. The van der Waals surface area contributed by atoms with Crippen LogP contribution in [-0.2, 0) is 15.0 Å². The van der Waals surface area contributed by atoms with E-state index in [-0.39, 0.29) is 0 Å². The van der Waals surface area contributed by atoms with Crippen LogP contribution in [0.15, 0.2) is 29.3 Å². The number of hydrogen-bond donors (Lipinski definition) is 0. The summed E-state index contributed by atoms with van der Waals surface area (Å²) < 4.78 is 0.449. The van der Waals surface area contributed by atoms with E-state index in [1.807, 2.05) is 0 Å². The normalized spacial score (nSPS) is 23.0. The van der Waals surface area contributed by atoms with Crippen molar-refractivity contribution >= 4 is 44.9 Å². The lowest BCUT2D eigenvalue weighted by Gasteiger charge is -2.37. The van der Waals surface area contributed by atoms with Crippen LogP contribution in [0.5, 0.6) is 0 Å². The van der Waals surface area contributed by atoms with Gasteiger partial charge in [0, 0.05) is 22.2 Å². The van der Waals surface area contributed by atoms with Crippen molar-refractivity contribution in [2.45, 2.75) is 12.3 Å². The topological polar surface area (TPSA) is 37.4 Å². The third-order valence-corrected chi connectivity index (χ3v) is 4.38. The van der Waals surface area contributed by atoms with Crippen LogP contribution < -0.4 is 4.90 Å². The van der Waals surface area contributed by atoms with Gasteiger partial charge in [-0.1, -0.05) is 34.1 Å². The highest BCUT2D eigenvalue weighted by Gasteiger charge is 2.48. The quantitative estimate of drug-likeness (QED) is 0.743. The maximum atomic E-state index is 12.2. The minimum absolute atomic E-state index is 0.449. The van der Waals surface area contributed by atoms with Gasteiger partial charge in [-0.3, -0.25) is 9.59 Å². The molecule has 0 radical (unpaired) electrons. The van der Waals surface area contributed by atoms with Gasteiger partial charge in [0.2, 0.25) is 5.78 Å². The van der Waals surface area contributed by atoms with Gasteiger partial charge in [-0.15, -0.1) is 0 Å². The van der Waals surface area contributed by atoms with Crippen molar-refractivity contribution in [2.24, 2.45) is 0 Å². The Morgan fingerprint density at radius 1 is 1.44 bits per heavy atom. The van der Waals surface area contributed by atoms with E-state index in [0.717, 1.165) is 0 Å². The summed E-state index contributed by atoms with van der Waals surface area (Å²) in [6, 6.07) is 5.12. The lowest BCUT2D eigenvalue weighted by Crippen LogP contribution is -2.50. The molecule has 1 amide bonds. The Morgan fingerprint density at radius 3 is 2.61 bits per heavy atom. The molecule has 1 aliphatic heterocycles. The first-order valence-corrected chi connectivity index (χ1v) is 6.44. The van der Waals surface area contributed by atoms with Gasteiger partial charge < -0.3 is 4.90 Å². The number of anilines is 1. The maximum absolute atomic E-state index is 12.2. The Hall–Kier alpha value is -1.13. The summed E-state index contributed by atoms with van der Waals surface area (Å²) in [5, 5.41) is 0.518. The molecule has 0 aliphatic carbocycles. The van der Waals surface area contributed by atoms with E-state index in [2.05, 4.69) is 22.5 Å². The van der Waals surface area contributed by atoms with Crippen LogP contribution >= 0.6 is 27.5 Å². The first-order valence-electron chi connectivity index (χ1n) is 5.27. The first kappa shape index (κ1) is 13.3. The predicted molar refractivity (Wildman–Crippen MR) is 75.3 cm³/mol. The molecular weight excluding hydrogens is 318 g/mol. The molecule has 0 N–H and O–H groups in total. The number of allylic oxidation sites excluding steroid dienone is 1. The summed E-state index contributed by atoms with van der Waals surface area (Å²) in [4.78, 5) is 25.6. The van der Waals surface area contributed by atoms with Crippen molar-refractivity contribution in [3.05, 3.63) is 39.8 Å². The molecule has 1 aromatic rings. The zero-order chi connectivity index (χ0) is 13.7. The molecule has 1 atom stereocenters. The molecule has 18 heavy (non-hydrogen) atoms. The van der Waals surface area contributed by atoms with E-state index in [4.69, 9.17) is 11.6 Å². The second-order valence-corrected chi connectivity index (χ2v) is 5.78. The van der Waals surface area contributed by atoms with Crippen LogP contribution in [0.4, 0.5) is 5.69 Å². The van der Waals surface area contributed by atoms with Crippen molar-refractivity contribution in [2.75, 3.05) is 11.9 Å². The fourth-order valence-corrected chi connectivity index (χ4v) is 2.63. The van der Waals surface area contributed by atoms with Crippen molar-refractivity contribution in [3.63, 3.8) is 0 Å². The molecule has 94 valence electrons. The van der Waals surface area contributed by atoms with Gasteiger partial charge in [0.05, 0.1) is 5.41 Å². The Morgan fingerprint density at radius 2 is 2.06 bits per heavy atom. The summed E-state index contributed by atoms with van der Waals surface area (Å²) in [6.45, 7) is 5.44. The zero-order valence-electron chi connectivity index (χ0n) is 9.96. The number of hydrogen-bond acceptors (Lipinski definition) is 2. The Bertz CT molecular complexity index is 584. The predicted octanol–water partition coefficient (Wildman–Crippen LogP) is 3.05. The lowest BCUT2D eigenvalue weighted by molar-refractivity contribution is -0.138. The minimum Gasteiger partial charge on any atom is -0.309 e. The second kappa shape index (κ2) is 4.21. The molecule has 3 nitrogen and oxygen atoms in total. The molecule has 1 aromatic carbocycles. The van der Waals surface area contributed by atoms with E-state index in [9.17, 15) is 9.59 Å². The molecule has 1 heterocycles. The lowest BCUT2D eigenvalue weighted by atomic mass is 9.74. The standard InChI is InChI=1S/C13H11BrClNO2/c1-7(14)13(2)9-6-8(15)4-5-10(9)16(3)12(18)11(13)17/h4-6H,1H2,2-3H3. The number of halogens is 2. The van der Waals surface area contributed by atoms with Crippen molar-refractivity contribution in [1.82, 2.24) is 0 Å². The molecular formula is C13H11BrClNO2. The number of ketones is 1. The van der Waals surface area contributed by atoms with Gasteiger partial charge in [0.15, 0.2) is 0 Å². The number of Topliss-reactive ketones (excluding diaryl/α,β-unsaturated/α-hetero) is 1. The number of carbonyl (C=O) groups is 2. The molecule has 0 saturated carbocycles. The number of nitrogens with zero attached hydrogens (tertiary/aromatic N) is 1. The average Bonchev–Trinajstić information content (AvgIpc) is 2.33. The number of amides is 1. The molecule has 0 aromatic heterocycles. The summed E-state index contributed by atoms with van der Waals surface area (Å²) in [7, 11) is 1.57. The summed E-state index contributed by atoms with van der Waals surface area (Å²) >= 11 is 9.23.